The molecule has 13 heteroatoms. The molecule has 1 atom stereocenters. The zero-order valence-corrected chi connectivity index (χ0v) is 18.4. The second kappa shape index (κ2) is 8.84. The maximum atomic E-state index is 14.5. The number of fused-ring (bicyclic) bond motifs is 2. The van der Waals surface area contributed by atoms with Gasteiger partial charge < -0.3 is 10.3 Å². The molecule has 37 heavy (non-hydrogen) atoms. The number of nitrogens with one attached hydrogen (secondary N) is 2. The van der Waals surface area contributed by atoms with E-state index in [9.17, 15) is 31.1 Å². The third-order valence-corrected chi connectivity index (χ3v) is 5.57. The van der Waals surface area contributed by atoms with Crippen molar-refractivity contribution in [2.45, 2.75) is 18.4 Å². The SMILES string of the molecule is O=c1[nH]cccc1-c1nc2c(C(F)(F)F)cccc2cc1[C@@H](Nc1ncnc2cccnc12)C(F)(F)F. The minimum absolute atomic E-state index is 0.0477. The van der Waals surface area contributed by atoms with Crippen LogP contribution in [0.15, 0.2) is 72.0 Å². The summed E-state index contributed by atoms with van der Waals surface area (Å²) in [5.41, 5.74) is -3.71. The van der Waals surface area contributed by atoms with Gasteiger partial charge in [0, 0.05) is 23.3 Å². The second-order valence-corrected chi connectivity index (χ2v) is 7.93. The van der Waals surface area contributed by atoms with Crippen molar-refractivity contribution in [3.05, 3.63) is 88.7 Å². The highest BCUT2D eigenvalue weighted by atomic mass is 19.4. The van der Waals surface area contributed by atoms with Gasteiger partial charge in [-0.25, -0.2) is 15.0 Å². The Morgan fingerprint density at radius 2 is 1.70 bits per heavy atom. The van der Waals surface area contributed by atoms with E-state index < -0.39 is 46.3 Å². The van der Waals surface area contributed by atoms with Gasteiger partial charge in [0.1, 0.15) is 11.8 Å². The monoisotopic (exact) mass is 516 g/mol. The lowest BCUT2D eigenvalue weighted by molar-refractivity contribution is -0.144. The zero-order chi connectivity index (χ0) is 26.4. The van der Waals surface area contributed by atoms with Crippen LogP contribution in [-0.4, -0.2) is 31.1 Å². The fourth-order valence-corrected chi connectivity index (χ4v) is 3.96. The third-order valence-electron chi connectivity index (χ3n) is 5.57. The van der Waals surface area contributed by atoms with E-state index >= 15 is 0 Å². The average Bonchev–Trinajstić information content (AvgIpc) is 2.85. The first-order valence-electron chi connectivity index (χ1n) is 10.6. The van der Waals surface area contributed by atoms with Crippen molar-refractivity contribution in [2.75, 3.05) is 5.32 Å². The Hall–Kier alpha value is -4.55. The first-order valence-corrected chi connectivity index (χ1v) is 10.6. The number of pyridine rings is 3. The molecule has 5 rings (SSSR count). The number of anilines is 1. The number of aromatic amines is 1. The molecule has 0 aliphatic rings. The fourth-order valence-electron chi connectivity index (χ4n) is 3.96. The van der Waals surface area contributed by atoms with Crippen molar-refractivity contribution in [3.63, 3.8) is 0 Å². The second-order valence-electron chi connectivity index (χ2n) is 7.93. The largest absolute Gasteiger partial charge is 0.418 e. The van der Waals surface area contributed by atoms with Crippen LogP contribution in [0.2, 0.25) is 0 Å². The number of halogens is 6. The number of nitrogens with zero attached hydrogens (tertiary/aromatic N) is 4. The predicted octanol–water partition coefficient (Wildman–Crippen LogP) is 5.66. The fraction of sp³-hybridized carbons (Fsp3) is 0.125. The standard InChI is InChI=1S/C24H14F6N6O/c25-23(26,27)15-6-1-4-12-10-14(18(35-17(12)15)13-5-2-9-32-22(13)37)20(24(28,29)30)36-21-19-16(33-11-34-21)7-3-8-31-19/h1-11,20H,(H,32,37)(H,33,34,36)/t20-/m1/s1. The van der Waals surface area contributed by atoms with Crippen molar-refractivity contribution in [2.24, 2.45) is 0 Å². The predicted molar refractivity (Wildman–Crippen MR) is 123 cm³/mol. The van der Waals surface area contributed by atoms with Crippen molar-refractivity contribution in [1.29, 1.82) is 0 Å². The molecule has 0 saturated heterocycles. The van der Waals surface area contributed by atoms with Gasteiger partial charge in [0.2, 0.25) is 0 Å². The molecule has 0 spiro atoms. The lowest BCUT2D eigenvalue weighted by Crippen LogP contribution is -2.30. The summed E-state index contributed by atoms with van der Waals surface area (Å²) in [5, 5.41) is 2.11. The van der Waals surface area contributed by atoms with Gasteiger partial charge in [-0.1, -0.05) is 12.1 Å². The summed E-state index contributed by atoms with van der Waals surface area (Å²) in [4.78, 5) is 30.8. The highest BCUT2D eigenvalue weighted by molar-refractivity contribution is 5.88. The zero-order valence-electron chi connectivity index (χ0n) is 18.4. The van der Waals surface area contributed by atoms with Crippen LogP contribution in [0.4, 0.5) is 32.2 Å². The van der Waals surface area contributed by atoms with Crippen molar-refractivity contribution < 1.29 is 26.3 Å². The highest BCUT2D eigenvalue weighted by Gasteiger charge is 2.44. The number of rotatable bonds is 4. The van der Waals surface area contributed by atoms with Gasteiger partial charge in [-0.3, -0.25) is 9.78 Å². The van der Waals surface area contributed by atoms with Crippen LogP contribution in [0, 0.1) is 0 Å². The van der Waals surface area contributed by atoms with Gasteiger partial charge in [0.05, 0.1) is 27.9 Å². The molecule has 5 aromatic rings. The van der Waals surface area contributed by atoms with Crippen LogP contribution < -0.4 is 10.9 Å². The van der Waals surface area contributed by atoms with Crippen LogP contribution in [0.25, 0.3) is 33.2 Å². The molecule has 0 saturated carbocycles. The minimum Gasteiger partial charge on any atom is -0.353 e. The topological polar surface area (TPSA) is 96.5 Å². The van der Waals surface area contributed by atoms with Gasteiger partial charge in [0.25, 0.3) is 5.56 Å². The molecule has 0 radical (unpaired) electrons. The van der Waals surface area contributed by atoms with Crippen LogP contribution in [0.1, 0.15) is 17.2 Å². The molecule has 0 aliphatic heterocycles. The molecule has 0 bridgehead atoms. The Bertz CT molecular complexity index is 1680. The van der Waals surface area contributed by atoms with E-state index in [-0.39, 0.29) is 27.8 Å². The summed E-state index contributed by atoms with van der Waals surface area (Å²) in [6.07, 6.45) is -6.17. The van der Waals surface area contributed by atoms with Crippen LogP contribution in [-0.2, 0) is 6.18 Å². The first kappa shape index (κ1) is 24.2. The lowest BCUT2D eigenvalue weighted by Gasteiger charge is -2.25. The molecule has 1 aromatic carbocycles. The van der Waals surface area contributed by atoms with Gasteiger partial charge >= 0.3 is 12.4 Å². The first-order chi connectivity index (χ1) is 17.5. The van der Waals surface area contributed by atoms with Crippen molar-refractivity contribution >= 4 is 27.8 Å². The van der Waals surface area contributed by atoms with Crippen LogP contribution in [0.3, 0.4) is 0 Å². The van der Waals surface area contributed by atoms with Crippen LogP contribution in [0.5, 0.6) is 0 Å². The molecule has 0 amide bonds. The van der Waals surface area contributed by atoms with E-state index in [1.165, 1.54) is 36.7 Å². The molecule has 0 unspecified atom stereocenters. The molecule has 0 aliphatic carbocycles. The highest BCUT2D eigenvalue weighted by Crippen LogP contribution is 2.42. The van der Waals surface area contributed by atoms with Gasteiger partial charge in [-0.2, -0.15) is 26.3 Å². The maximum absolute atomic E-state index is 14.5. The normalized spacial score (nSPS) is 13.1. The molecule has 0 fully saturated rings. The molecule has 7 nitrogen and oxygen atoms in total. The summed E-state index contributed by atoms with van der Waals surface area (Å²) >= 11 is 0. The van der Waals surface area contributed by atoms with E-state index in [2.05, 4.69) is 30.2 Å². The third kappa shape index (κ3) is 4.55. The van der Waals surface area contributed by atoms with E-state index in [4.69, 9.17) is 0 Å². The summed E-state index contributed by atoms with van der Waals surface area (Å²) in [5.74, 6) is -0.259. The molecule has 4 heterocycles. The molecular formula is C24H14F6N6O. The number of alkyl halides is 6. The maximum Gasteiger partial charge on any atom is 0.418 e. The Morgan fingerprint density at radius 1 is 0.892 bits per heavy atom. The van der Waals surface area contributed by atoms with E-state index in [0.29, 0.717) is 0 Å². The smallest absolute Gasteiger partial charge is 0.353 e. The number of para-hydroxylation sites is 1. The van der Waals surface area contributed by atoms with E-state index in [1.807, 2.05) is 0 Å². The number of H-pyrrole nitrogens is 1. The molecule has 4 aromatic heterocycles. The number of hydrogen-bond donors (Lipinski definition) is 2. The van der Waals surface area contributed by atoms with Crippen molar-refractivity contribution in [3.8, 4) is 11.3 Å². The Labute approximate surface area is 203 Å². The van der Waals surface area contributed by atoms with Crippen molar-refractivity contribution in [1.82, 2.24) is 24.9 Å². The Kier molecular flexibility index (Phi) is 5.77. The summed E-state index contributed by atoms with van der Waals surface area (Å²) in [6, 6.07) is 7.08. The summed E-state index contributed by atoms with van der Waals surface area (Å²) in [7, 11) is 0. The van der Waals surface area contributed by atoms with Gasteiger partial charge in [-0.05, 0) is 36.4 Å². The summed E-state index contributed by atoms with van der Waals surface area (Å²) < 4.78 is 84.7. The number of benzene rings is 1. The quantitative estimate of drug-likeness (QED) is 0.299. The average molecular weight is 516 g/mol. The number of aromatic nitrogens is 5. The Morgan fingerprint density at radius 3 is 2.43 bits per heavy atom. The van der Waals surface area contributed by atoms with Gasteiger partial charge in [-0.15, -0.1) is 0 Å². The van der Waals surface area contributed by atoms with Gasteiger partial charge in [0.15, 0.2) is 11.9 Å². The van der Waals surface area contributed by atoms with Crippen LogP contribution >= 0.6 is 0 Å². The van der Waals surface area contributed by atoms with E-state index in [0.717, 1.165) is 24.5 Å². The molecular weight excluding hydrogens is 502 g/mol. The summed E-state index contributed by atoms with van der Waals surface area (Å²) in [6.45, 7) is 0. The lowest BCUT2D eigenvalue weighted by atomic mass is 9.96. The Balaban J connectivity index is 1.80. The minimum atomic E-state index is -4.99. The van der Waals surface area contributed by atoms with E-state index in [1.54, 1.807) is 6.07 Å². The molecule has 2 N–H and O–H groups in total. The molecule has 188 valence electrons. The number of hydrogen-bond acceptors (Lipinski definition) is 6.